The molecule has 174 valence electrons. The molecule has 0 spiro atoms. The van der Waals surface area contributed by atoms with Gasteiger partial charge in [-0.2, -0.15) is 0 Å². The highest BCUT2D eigenvalue weighted by Gasteiger charge is 2.46. The third kappa shape index (κ3) is 5.84. The number of hydrogen-bond acceptors (Lipinski definition) is 10. The fourth-order valence-electron chi connectivity index (χ4n) is 2.93. The van der Waals surface area contributed by atoms with E-state index in [4.69, 9.17) is 14.2 Å². The maximum absolute atomic E-state index is 12.8. The minimum atomic E-state index is -3.78. The summed E-state index contributed by atoms with van der Waals surface area (Å²) in [5.41, 5.74) is -1.55. The van der Waals surface area contributed by atoms with Crippen molar-refractivity contribution >= 4 is 32.5 Å². The zero-order valence-corrected chi connectivity index (χ0v) is 18.5. The number of benzene rings is 2. The molecule has 1 unspecified atom stereocenters. The minimum Gasteiger partial charge on any atom is -0.497 e. The molecule has 0 bridgehead atoms. The van der Waals surface area contributed by atoms with Gasteiger partial charge in [-0.3, -0.25) is 9.59 Å². The molecular formula is C20H23NO10S. The van der Waals surface area contributed by atoms with E-state index in [0.29, 0.717) is 11.3 Å². The van der Waals surface area contributed by atoms with E-state index in [-0.39, 0.29) is 0 Å². The van der Waals surface area contributed by atoms with Crippen molar-refractivity contribution in [3.8, 4) is 5.75 Å². The number of methoxy groups -OCH3 is 2. The Morgan fingerprint density at radius 3 is 2.25 bits per heavy atom. The van der Waals surface area contributed by atoms with Crippen LogP contribution in [0.4, 0.5) is 0 Å². The molecule has 32 heavy (non-hydrogen) atoms. The van der Waals surface area contributed by atoms with E-state index in [0.717, 1.165) is 17.9 Å². The third-order valence-electron chi connectivity index (χ3n) is 4.85. The number of hydrogen-bond donors (Lipinski definition) is 0. The maximum Gasteiger partial charge on any atom is 0.327 e. The smallest absolute Gasteiger partial charge is 0.327 e. The van der Waals surface area contributed by atoms with Crippen molar-refractivity contribution in [3.05, 3.63) is 52.1 Å². The Morgan fingerprint density at radius 1 is 1.00 bits per heavy atom. The van der Waals surface area contributed by atoms with Crippen LogP contribution in [0.2, 0.25) is 0 Å². The number of rotatable bonds is 11. The quantitative estimate of drug-likeness (QED) is 0.205. The second-order valence-corrected chi connectivity index (χ2v) is 9.19. The van der Waals surface area contributed by atoms with E-state index in [9.17, 15) is 28.1 Å². The van der Waals surface area contributed by atoms with Crippen LogP contribution in [0.5, 0.6) is 5.75 Å². The van der Waals surface area contributed by atoms with Gasteiger partial charge in [0.25, 0.3) is 5.09 Å². The summed E-state index contributed by atoms with van der Waals surface area (Å²) in [4.78, 5) is 39.5. The minimum absolute atomic E-state index is 0.300. The normalized spacial score (nSPS) is 13.1. The highest BCUT2D eigenvalue weighted by Crippen LogP contribution is 2.31. The summed E-state index contributed by atoms with van der Waals surface area (Å²) in [7, 11) is -1.12. The van der Waals surface area contributed by atoms with E-state index in [1.165, 1.54) is 14.0 Å². The molecule has 11 nitrogen and oxygen atoms in total. The first-order chi connectivity index (χ1) is 15.0. The molecule has 2 aromatic carbocycles. The predicted octanol–water partition coefficient (Wildman–Crippen LogP) is 1.45. The molecule has 0 saturated carbocycles. The lowest BCUT2D eigenvalue weighted by Gasteiger charge is -2.25. The first-order valence-corrected chi connectivity index (χ1v) is 11.2. The van der Waals surface area contributed by atoms with Crippen LogP contribution in [0, 0.1) is 10.1 Å². The molecule has 0 saturated heterocycles. The van der Waals surface area contributed by atoms with E-state index in [2.05, 4.69) is 4.84 Å². The SMILES string of the molecule is COC(=O)C(C)(C(=O)OCCS(=O)(=O)CCO[N+](=O)[O-])c1ccc2cc(OC)ccc2c1. The molecule has 0 aliphatic heterocycles. The van der Waals surface area contributed by atoms with E-state index < -0.39 is 57.0 Å². The lowest BCUT2D eigenvalue weighted by molar-refractivity contribution is -0.756. The standard InChI is InChI=1S/C20H23NO10S/c1-20(18(22)29-3,16-6-4-15-13-17(28-2)7-5-14(15)12-16)19(23)30-8-10-32(26,27)11-9-31-21(24)25/h4-7,12-13H,8-11H2,1-3H3. The van der Waals surface area contributed by atoms with E-state index in [1.54, 1.807) is 36.4 Å². The molecule has 0 aliphatic carbocycles. The first-order valence-electron chi connectivity index (χ1n) is 9.35. The molecule has 2 aromatic rings. The van der Waals surface area contributed by atoms with E-state index >= 15 is 0 Å². The molecule has 0 N–H and O–H groups in total. The molecule has 0 aliphatic rings. The largest absolute Gasteiger partial charge is 0.497 e. The Bertz CT molecular complexity index is 1110. The lowest BCUT2D eigenvalue weighted by Crippen LogP contribution is -2.43. The van der Waals surface area contributed by atoms with Crippen molar-refractivity contribution in [3.63, 3.8) is 0 Å². The van der Waals surface area contributed by atoms with Crippen LogP contribution in [0.25, 0.3) is 10.8 Å². The average molecular weight is 469 g/mol. The number of esters is 2. The van der Waals surface area contributed by atoms with Gasteiger partial charge >= 0.3 is 11.9 Å². The monoisotopic (exact) mass is 469 g/mol. The van der Waals surface area contributed by atoms with Crippen LogP contribution in [0.1, 0.15) is 12.5 Å². The summed E-state index contributed by atoms with van der Waals surface area (Å²) in [6.07, 6.45) is 0. The number of fused-ring (bicyclic) bond motifs is 1. The van der Waals surface area contributed by atoms with Gasteiger partial charge in [0.15, 0.2) is 15.3 Å². The fourth-order valence-corrected chi connectivity index (χ4v) is 3.80. The van der Waals surface area contributed by atoms with Gasteiger partial charge in [-0.25, -0.2) is 8.42 Å². The van der Waals surface area contributed by atoms with Gasteiger partial charge < -0.3 is 19.0 Å². The molecule has 1 atom stereocenters. The van der Waals surface area contributed by atoms with Crippen molar-refractivity contribution in [1.82, 2.24) is 0 Å². The Kier molecular flexibility index (Phi) is 7.97. The van der Waals surface area contributed by atoms with Crippen molar-refractivity contribution in [2.75, 3.05) is 38.9 Å². The summed E-state index contributed by atoms with van der Waals surface area (Å²) in [5.74, 6) is -2.43. The van der Waals surface area contributed by atoms with Crippen molar-refractivity contribution in [2.45, 2.75) is 12.3 Å². The molecule has 0 amide bonds. The predicted molar refractivity (Wildman–Crippen MR) is 112 cm³/mol. The number of nitrogens with zero attached hydrogens (tertiary/aromatic N) is 1. The van der Waals surface area contributed by atoms with Crippen LogP contribution < -0.4 is 4.74 Å². The molecule has 2 rings (SSSR count). The molecule has 0 radical (unpaired) electrons. The van der Waals surface area contributed by atoms with Crippen LogP contribution in [0.3, 0.4) is 0 Å². The van der Waals surface area contributed by atoms with Crippen molar-refractivity contribution in [1.29, 1.82) is 0 Å². The fraction of sp³-hybridized carbons (Fsp3) is 0.400. The molecule has 0 fully saturated rings. The van der Waals surface area contributed by atoms with Crippen molar-refractivity contribution < 1.29 is 42.1 Å². The second kappa shape index (κ2) is 10.3. The average Bonchev–Trinajstić information content (AvgIpc) is 2.76. The van der Waals surface area contributed by atoms with Crippen molar-refractivity contribution in [2.24, 2.45) is 0 Å². The number of ether oxygens (including phenoxy) is 3. The highest BCUT2D eigenvalue weighted by atomic mass is 32.2. The maximum atomic E-state index is 12.8. The topological polar surface area (TPSA) is 148 Å². The molecule has 0 aromatic heterocycles. The highest BCUT2D eigenvalue weighted by molar-refractivity contribution is 7.91. The van der Waals surface area contributed by atoms with Gasteiger partial charge in [0.1, 0.15) is 19.0 Å². The van der Waals surface area contributed by atoms with Gasteiger partial charge in [-0.15, -0.1) is 10.1 Å². The summed E-state index contributed by atoms with van der Waals surface area (Å²) >= 11 is 0. The molecule has 12 heteroatoms. The Hall–Kier alpha value is -3.41. The van der Waals surface area contributed by atoms with Gasteiger partial charge in [0.2, 0.25) is 0 Å². The summed E-state index contributed by atoms with van der Waals surface area (Å²) < 4.78 is 38.9. The van der Waals surface area contributed by atoms with Gasteiger partial charge in [-0.1, -0.05) is 18.2 Å². The van der Waals surface area contributed by atoms with Gasteiger partial charge in [0, 0.05) is 0 Å². The van der Waals surface area contributed by atoms with Crippen LogP contribution in [0.15, 0.2) is 36.4 Å². The van der Waals surface area contributed by atoms with Crippen LogP contribution in [-0.4, -0.2) is 64.4 Å². The molecule has 0 heterocycles. The summed E-state index contributed by atoms with van der Waals surface area (Å²) in [6, 6.07) is 10.2. The number of carbonyl (C=O) groups excluding carboxylic acids is 2. The van der Waals surface area contributed by atoms with Gasteiger partial charge in [-0.05, 0) is 41.5 Å². The number of sulfone groups is 1. The summed E-state index contributed by atoms with van der Waals surface area (Å²) in [5, 5.41) is 10.6. The number of carbonyl (C=O) groups is 2. The van der Waals surface area contributed by atoms with E-state index in [1.807, 2.05) is 0 Å². The van der Waals surface area contributed by atoms with Crippen LogP contribution >= 0.6 is 0 Å². The lowest BCUT2D eigenvalue weighted by atomic mass is 9.81. The zero-order chi connectivity index (χ0) is 23.9. The van der Waals surface area contributed by atoms with Crippen LogP contribution in [-0.2, 0) is 39.2 Å². The zero-order valence-electron chi connectivity index (χ0n) is 17.7. The Balaban J connectivity index is 2.19. The first kappa shape index (κ1) is 24.9. The third-order valence-corrected chi connectivity index (χ3v) is 6.42. The van der Waals surface area contributed by atoms with Gasteiger partial charge in [0.05, 0.1) is 25.7 Å². The Labute approximate surface area is 184 Å². The summed E-state index contributed by atoms with van der Waals surface area (Å²) in [6.45, 7) is 0.146. The Morgan fingerprint density at radius 2 is 1.62 bits per heavy atom. The molecular weight excluding hydrogens is 446 g/mol. The second-order valence-electron chi connectivity index (χ2n) is 6.89.